The molecule has 1 saturated heterocycles. The maximum Gasteiger partial charge on any atom is 0.411 e. The third-order valence-electron chi connectivity index (χ3n) is 4.18. The normalized spacial score (nSPS) is 25.9. The highest BCUT2D eigenvalue weighted by Crippen LogP contribution is 2.30. The van der Waals surface area contributed by atoms with E-state index in [0.717, 1.165) is 0 Å². The van der Waals surface area contributed by atoms with Crippen molar-refractivity contribution < 1.29 is 29.6 Å². The highest BCUT2D eigenvalue weighted by atomic mass is 16.6. The van der Waals surface area contributed by atoms with Gasteiger partial charge < -0.3 is 24.8 Å². The summed E-state index contributed by atoms with van der Waals surface area (Å²) < 4.78 is 10.6. The van der Waals surface area contributed by atoms with E-state index in [2.05, 4.69) is 5.32 Å². The van der Waals surface area contributed by atoms with Gasteiger partial charge in [0, 0.05) is 12.3 Å². The predicted octanol–water partition coefficient (Wildman–Crippen LogP) is 1.13. The third-order valence-corrected chi connectivity index (χ3v) is 4.18. The fourth-order valence-corrected chi connectivity index (χ4v) is 2.81. The standard InChI is InChI=1S/C17H25NO6/c1-11-9-15(24-14(11)7-8-19)16(21)13(20)10-23-17(22)18-12-5-3-2-4-6-12/h2-6,11,13-16,19-21H,7-10H2,1H3,(H,18,22)/t11-,13+,14+,15-,16+/m0/s1. The molecule has 0 unspecified atom stereocenters. The van der Waals surface area contributed by atoms with Crippen LogP contribution in [0.5, 0.6) is 0 Å². The maximum atomic E-state index is 11.7. The van der Waals surface area contributed by atoms with Crippen LogP contribution in [0.25, 0.3) is 0 Å². The molecule has 0 bridgehead atoms. The Morgan fingerprint density at radius 2 is 2.08 bits per heavy atom. The molecule has 7 nitrogen and oxygen atoms in total. The third kappa shape index (κ3) is 5.17. The zero-order valence-corrected chi connectivity index (χ0v) is 13.7. The topological polar surface area (TPSA) is 108 Å². The quantitative estimate of drug-likeness (QED) is 0.593. The number of nitrogens with one attached hydrogen (secondary N) is 1. The van der Waals surface area contributed by atoms with Gasteiger partial charge in [-0.15, -0.1) is 0 Å². The van der Waals surface area contributed by atoms with E-state index in [4.69, 9.17) is 14.6 Å². The number of amides is 1. The summed E-state index contributed by atoms with van der Waals surface area (Å²) in [5, 5.41) is 31.7. The van der Waals surface area contributed by atoms with Crippen LogP contribution < -0.4 is 5.32 Å². The van der Waals surface area contributed by atoms with Crippen molar-refractivity contribution in [3.63, 3.8) is 0 Å². The highest BCUT2D eigenvalue weighted by molar-refractivity contribution is 5.84. The van der Waals surface area contributed by atoms with Crippen LogP contribution in [0.1, 0.15) is 19.8 Å². The Morgan fingerprint density at radius 3 is 2.75 bits per heavy atom. The number of carbonyl (C=O) groups excluding carboxylic acids is 1. The second-order valence-corrected chi connectivity index (χ2v) is 6.09. The van der Waals surface area contributed by atoms with Crippen LogP contribution in [0.4, 0.5) is 10.5 Å². The molecule has 0 saturated carbocycles. The number of aliphatic hydroxyl groups is 3. The minimum Gasteiger partial charge on any atom is -0.446 e. The van der Waals surface area contributed by atoms with Gasteiger partial charge in [0.25, 0.3) is 0 Å². The highest BCUT2D eigenvalue weighted by Gasteiger charge is 2.38. The van der Waals surface area contributed by atoms with Gasteiger partial charge in [0.2, 0.25) is 0 Å². The molecule has 0 spiro atoms. The van der Waals surface area contributed by atoms with Gasteiger partial charge in [-0.2, -0.15) is 0 Å². The van der Waals surface area contributed by atoms with Crippen LogP contribution in [-0.2, 0) is 9.47 Å². The average molecular weight is 339 g/mol. The van der Waals surface area contributed by atoms with E-state index in [9.17, 15) is 15.0 Å². The first kappa shape index (κ1) is 18.7. The molecule has 1 aromatic rings. The predicted molar refractivity (Wildman–Crippen MR) is 87.6 cm³/mol. The molecule has 1 heterocycles. The van der Waals surface area contributed by atoms with Crippen molar-refractivity contribution >= 4 is 11.8 Å². The van der Waals surface area contributed by atoms with E-state index >= 15 is 0 Å². The zero-order chi connectivity index (χ0) is 17.5. The molecule has 1 amide bonds. The minimum absolute atomic E-state index is 0.0170. The Hall–Kier alpha value is -1.67. The Kier molecular flexibility index (Phi) is 6.99. The molecule has 134 valence electrons. The lowest BCUT2D eigenvalue weighted by Crippen LogP contribution is -2.41. The van der Waals surface area contributed by atoms with E-state index in [0.29, 0.717) is 18.5 Å². The number of para-hydroxylation sites is 1. The number of benzene rings is 1. The lowest BCUT2D eigenvalue weighted by Gasteiger charge is -2.23. The number of ether oxygens (including phenoxy) is 2. The Labute approximate surface area is 141 Å². The average Bonchev–Trinajstić information content (AvgIpc) is 2.94. The second kappa shape index (κ2) is 8.98. The van der Waals surface area contributed by atoms with Crippen molar-refractivity contribution in [3.05, 3.63) is 30.3 Å². The fraction of sp³-hybridized carbons (Fsp3) is 0.588. The summed E-state index contributed by atoms with van der Waals surface area (Å²) in [5.74, 6) is 0.186. The van der Waals surface area contributed by atoms with E-state index in [1.807, 2.05) is 13.0 Å². The van der Waals surface area contributed by atoms with Crippen LogP contribution in [0.2, 0.25) is 0 Å². The van der Waals surface area contributed by atoms with Crippen LogP contribution in [-0.4, -0.2) is 59.0 Å². The Balaban J connectivity index is 1.75. The second-order valence-electron chi connectivity index (χ2n) is 6.09. The van der Waals surface area contributed by atoms with Gasteiger partial charge in [-0.05, 0) is 30.9 Å². The van der Waals surface area contributed by atoms with Crippen molar-refractivity contribution in [1.29, 1.82) is 0 Å². The number of carbonyl (C=O) groups is 1. The van der Waals surface area contributed by atoms with Crippen LogP contribution in [0, 0.1) is 5.92 Å². The molecule has 4 N–H and O–H groups in total. The Morgan fingerprint density at radius 1 is 1.38 bits per heavy atom. The summed E-state index contributed by atoms with van der Waals surface area (Å²) in [6, 6.07) is 8.79. The van der Waals surface area contributed by atoms with E-state index < -0.39 is 24.4 Å². The first-order valence-corrected chi connectivity index (χ1v) is 8.12. The van der Waals surface area contributed by atoms with Gasteiger partial charge in [0.05, 0.1) is 12.2 Å². The number of hydrogen-bond donors (Lipinski definition) is 4. The summed E-state index contributed by atoms with van der Waals surface area (Å²) in [4.78, 5) is 11.7. The monoisotopic (exact) mass is 339 g/mol. The minimum atomic E-state index is -1.24. The molecule has 1 aromatic carbocycles. The van der Waals surface area contributed by atoms with E-state index in [1.54, 1.807) is 24.3 Å². The van der Waals surface area contributed by atoms with Crippen LogP contribution in [0.3, 0.4) is 0 Å². The number of hydrogen-bond acceptors (Lipinski definition) is 6. The van der Waals surface area contributed by atoms with Crippen molar-refractivity contribution in [1.82, 2.24) is 0 Å². The smallest absolute Gasteiger partial charge is 0.411 e. The van der Waals surface area contributed by atoms with Crippen molar-refractivity contribution in [2.24, 2.45) is 5.92 Å². The molecule has 0 aromatic heterocycles. The van der Waals surface area contributed by atoms with Crippen molar-refractivity contribution in [3.8, 4) is 0 Å². The lowest BCUT2D eigenvalue weighted by molar-refractivity contribution is -0.100. The summed E-state index contributed by atoms with van der Waals surface area (Å²) in [6.45, 7) is 1.66. The summed E-state index contributed by atoms with van der Waals surface area (Å²) in [5.41, 5.74) is 0.581. The van der Waals surface area contributed by atoms with Gasteiger partial charge in [-0.3, -0.25) is 5.32 Å². The zero-order valence-electron chi connectivity index (χ0n) is 13.7. The molecule has 1 aliphatic heterocycles. The van der Waals surface area contributed by atoms with Crippen molar-refractivity contribution in [2.45, 2.75) is 44.2 Å². The number of anilines is 1. The van der Waals surface area contributed by atoms with E-state index in [-0.39, 0.29) is 25.2 Å². The molecule has 0 aliphatic carbocycles. The molecule has 0 radical (unpaired) electrons. The number of aliphatic hydroxyl groups excluding tert-OH is 3. The molecular weight excluding hydrogens is 314 g/mol. The molecule has 7 heteroatoms. The van der Waals surface area contributed by atoms with Crippen molar-refractivity contribution in [2.75, 3.05) is 18.5 Å². The SMILES string of the molecule is C[C@H]1C[C@@H]([C@H](O)[C@H](O)COC(=O)Nc2ccccc2)O[C@@H]1CCO. The van der Waals surface area contributed by atoms with Gasteiger partial charge in [-0.25, -0.2) is 4.79 Å². The molecule has 24 heavy (non-hydrogen) atoms. The van der Waals surface area contributed by atoms with Crippen LogP contribution in [0.15, 0.2) is 30.3 Å². The van der Waals surface area contributed by atoms with Gasteiger partial charge >= 0.3 is 6.09 Å². The van der Waals surface area contributed by atoms with Gasteiger partial charge in [0.15, 0.2) is 0 Å². The van der Waals surface area contributed by atoms with E-state index in [1.165, 1.54) is 0 Å². The lowest BCUT2D eigenvalue weighted by atomic mass is 9.96. The molecule has 1 fully saturated rings. The summed E-state index contributed by atoms with van der Waals surface area (Å²) >= 11 is 0. The molecule has 2 rings (SSSR count). The number of rotatable bonds is 7. The largest absolute Gasteiger partial charge is 0.446 e. The van der Waals surface area contributed by atoms with Crippen LogP contribution >= 0.6 is 0 Å². The van der Waals surface area contributed by atoms with Gasteiger partial charge in [-0.1, -0.05) is 25.1 Å². The molecule has 1 aliphatic rings. The summed E-state index contributed by atoms with van der Waals surface area (Å²) in [7, 11) is 0. The maximum absolute atomic E-state index is 11.7. The molecular formula is C17H25NO6. The first-order chi connectivity index (χ1) is 11.5. The first-order valence-electron chi connectivity index (χ1n) is 8.12. The fourth-order valence-electron chi connectivity index (χ4n) is 2.81. The summed E-state index contributed by atoms with van der Waals surface area (Å²) in [6.07, 6.45) is -2.68. The van der Waals surface area contributed by atoms with Gasteiger partial charge in [0.1, 0.15) is 18.8 Å². The Bertz CT molecular complexity index is 511. The molecule has 5 atom stereocenters.